The van der Waals surface area contributed by atoms with Crippen LogP contribution in [0.15, 0.2) is 0 Å². The topological polar surface area (TPSA) is 97.0 Å². The molecule has 0 radical (unpaired) electrons. The van der Waals surface area contributed by atoms with Gasteiger partial charge in [-0.25, -0.2) is 4.79 Å². The first-order chi connectivity index (χ1) is 13.6. The Hall–Kier alpha value is -1.67. The molecule has 8 nitrogen and oxygen atoms in total. The lowest BCUT2D eigenvalue weighted by Crippen LogP contribution is -2.56. The number of ether oxygens (including phenoxy) is 2. The summed E-state index contributed by atoms with van der Waals surface area (Å²) in [7, 11) is 0. The summed E-state index contributed by atoms with van der Waals surface area (Å²) in [5.74, 6) is 0.0394. The minimum absolute atomic E-state index is 0.0386. The van der Waals surface area contributed by atoms with E-state index >= 15 is 0 Å². The second-order valence-electron chi connectivity index (χ2n) is 8.05. The highest BCUT2D eigenvalue weighted by Crippen LogP contribution is 2.27. The Balaban J connectivity index is 1.64. The summed E-state index contributed by atoms with van der Waals surface area (Å²) in [5.41, 5.74) is 0. The van der Waals surface area contributed by atoms with Crippen LogP contribution in [0.1, 0.15) is 51.9 Å². The van der Waals surface area contributed by atoms with Crippen molar-refractivity contribution in [2.45, 2.75) is 70.1 Å². The molecule has 28 heavy (non-hydrogen) atoms. The summed E-state index contributed by atoms with van der Waals surface area (Å²) >= 11 is 0. The van der Waals surface area contributed by atoms with Gasteiger partial charge in [0.05, 0.1) is 19.3 Å². The molecule has 2 saturated heterocycles. The Bertz CT molecular complexity index is 558. The van der Waals surface area contributed by atoms with Gasteiger partial charge >= 0.3 is 6.03 Å². The molecule has 0 bridgehead atoms. The maximum absolute atomic E-state index is 13.0. The van der Waals surface area contributed by atoms with Crippen molar-refractivity contribution in [3.8, 4) is 0 Å². The lowest BCUT2D eigenvalue weighted by atomic mass is 9.84. The third-order valence-electron chi connectivity index (χ3n) is 6.06. The van der Waals surface area contributed by atoms with Crippen molar-refractivity contribution >= 4 is 17.7 Å². The molecule has 3 atom stereocenters. The summed E-state index contributed by atoms with van der Waals surface area (Å²) in [6.45, 7) is 4.05. The van der Waals surface area contributed by atoms with Crippen LogP contribution < -0.4 is 10.6 Å². The van der Waals surface area contributed by atoms with Crippen molar-refractivity contribution in [2.24, 2.45) is 5.92 Å². The van der Waals surface area contributed by atoms with E-state index in [1.807, 2.05) is 6.92 Å². The molecule has 3 aliphatic rings. The second kappa shape index (κ2) is 10.2. The number of carbonyl (C=O) groups is 3. The number of hydrogen-bond acceptors (Lipinski definition) is 5. The van der Waals surface area contributed by atoms with Crippen molar-refractivity contribution in [3.05, 3.63) is 0 Å². The Morgan fingerprint density at radius 3 is 2.57 bits per heavy atom. The van der Waals surface area contributed by atoms with Gasteiger partial charge in [0, 0.05) is 13.1 Å². The van der Waals surface area contributed by atoms with E-state index in [-0.39, 0.29) is 30.4 Å². The summed E-state index contributed by atoms with van der Waals surface area (Å²) < 4.78 is 10.8. The maximum Gasteiger partial charge on any atom is 0.318 e. The minimum Gasteiger partial charge on any atom is -0.378 e. The van der Waals surface area contributed by atoms with Crippen LogP contribution >= 0.6 is 0 Å². The Kier molecular flexibility index (Phi) is 7.67. The molecule has 3 rings (SSSR count). The first-order valence-corrected chi connectivity index (χ1v) is 10.7. The van der Waals surface area contributed by atoms with E-state index in [4.69, 9.17) is 9.47 Å². The lowest BCUT2D eigenvalue weighted by Gasteiger charge is -2.31. The van der Waals surface area contributed by atoms with Gasteiger partial charge in [0.1, 0.15) is 18.7 Å². The van der Waals surface area contributed by atoms with E-state index in [9.17, 15) is 14.4 Å². The molecule has 1 unspecified atom stereocenters. The first-order valence-electron chi connectivity index (χ1n) is 10.7. The average Bonchev–Trinajstić information content (AvgIpc) is 3.08. The zero-order chi connectivity index (χ0) is 19.9. The molecule has 0 aromatic rings. The van der Waals surface area contributed by atoms with E-state index < -0.39 is 12.1 Å². The molecule has 8 heteroatoms. The number of nitrogens with one attached hydrogen (secondary N) is 2. The molecular weight excluding hydrogens is 362 g/mol. The number of rotatable bonds is 6. The Morgan fingerprint density at radius 1 is 1.18 bits per heavy atom. The summed E-state index contributed by atoms with van der Waals surface area (Å²) in [4.78, 5) is 39.5. The fourth-order valence-electron chi connectivity index (χ4n) is 4.36. The van der Waals surface area contributed by atoms with Gasteiger partial charge in [0.25, 0.3) is 0 Å². The molecule has 2 aliphatic heterocycles. The van der Waals surface area contributed by atoms with Crippen molar-refractivity contribution in [1.29, 1.82) is 0 Å². The number of ketones is 1. The van der Waals surface area contributed by atoms with Crippen LogP contribution in [0.3, 0.4) is 0 Å². The first kappa shape index (κ1) is 21.0. The molecule has 3 amide bonds. The SMILES string of the molecule is CC[C@@H]1OCC(=O)C1NC(=O)[C@H](CC1CCCCC1)NC(=O)N1CCOCC1. The van der Waals surface area contributed by atoms with Gasteiger partial charge < -0.3 is 25.0 Å². The fraction of sp³-hybridized carbons (Fsp3) is 0.850. The Labute approximate surface area is 166 Å². The summed E-state index contributed by atoms with van der Waals surface area (Å²) in [6, 6.07) is -1.49. The third-order valence-corrected chi connectivity index (χ3v) is 6.06. The van der Waals surface area contributed by atoms with Gasteiger partial charge in [0.2, 0.25) is 5.91 Å². The summed E-state index contributed by atoms with van der Waals surface area (Å²) in [5, 5.41) is 5.78. The number of hydrogen-bond donors (Lipinski definition) is 2. The van der Waals surface area contributed by atoms with Crippen LogP contribution in [0.5, 0.6) is 0 Å². The van der Waals surface area contributed by atoms with E-state index in [2.05, 4.69) is 10.6 Å². The number of urea groups is 1. The fourth-order valence-corrected chi connectivity index (χ4v) is 4.36. The smallest absolute Gasteiger partial charge is 0.318 e. The molecule has 1 aliphatic carbocycles. The Morgan fingerprint density at radius 2 is 1.89 bits per heavy atom. The van der Waals surface area contributed by atoms with Crippen molar-refractivity contribution in [1.82, 2.24) is 15.5 Å². The van der Waals surface area contributed by atoms with Crippen LogP contribution in [0.2, 0.25) is 0 Å². The number of Topliss-reactive ketones (excluding diaryl/α,β-unsaturated/α-hetero) is 1. The molecule has 0 aromatic carbocycles. The summed E-state index contributed by atoms with van der Waals surface area (Å²) in [6.07, 6.45) is 6.72. The van der Waals surface area contributed by atoms with Crippen LogP contribution in [0.4, 0.5) is 4.79 Å². The molecule has 0 aromatic heterocycles. The molecule has 2 heterocycles. The van der Waals surface area contributed by atoms with Crippen LogP contribution in [0.25, 0.3) is 0 Å². The second-order valence-corrected chi connectivity index (χ2v) is 8.05. The molecule has 158 valence electrons. The largest absolute Gasteiger partial charge is 0.378 e. The number of morpholine rings is 1. The molecule has 1 saturated carbocycles. The van der Waals surface area contributed by atoms with Crippen molar-refractivity contribution < 1.29 is 23.9 Å². The minimum atomic E-state index is -0.635. The van der Waals surface area contributed by atoms with Gasteiger partial charge in [-0.05, 0) is 18.8 Å². The van der Waals surface area contributed by atoms with E-state index in [0.29, 0.717) is 45.1 Å². The van der Waals surface area contributed by atoms with Crippen LogP contribution in [-0.4, -0.2) is 73.7 Å². The standard InChI is InChI=1S/C20H33N3O5/c1-2-17-18(16(24)13-28-17)22-19(25)15(12-14-6-4-3-5-7-14)21-20(26)23-8-10-27-11-9-23/h14-15,17-18H,2-13H2,1H3,(H,21,26)(H,22,25)/t15-,17-,18?/m0/s1. The van der Waals surface area contributed by atoms with Gasteiger partial charge in [-0.2, -0.15) is 0 Å². The van der Waals surface area contributed by atoms with Crippen molar-refractivity contribution in [3.63, 3.8) is 0 Å². The number of amides is 3. The average molecular weight is 396 g/mol. The van der Waals surface area contributed by atoms with Gasteiger partial charge in [-0.1, -0.05) is 39.0 Å². The normalized spacial score (nSPS) is 27.5. The van der Waals surface area contributed by atoms with Crippen LogP contribution in [-0.2, 0) is 19.1 Å². The highest BCUT2D eigenvalue weighted by Gasteiger charge is 2.38. The van der Waals surface area contributed by atoms with Gasteiger partial charge in [-0.3, -0.25) is 9.59 Å². The number of nitrogens with zero attached hydrogens (tertiary/aromatic N) is 1. The predicted octanol–water partition coefficient (Wildman–Crippen LogP) is 1.23. The van der Waals surface area contributed by atoms with E-state index in [1.54, 1.807) is 4.90 Å². The predicted molar refractivity (Wildman–Crippen MR) is 103 cm³/mol. The zero-order valence-electron chi connectivity index (χ0n) is 16.8. The molecule has 2 N–H and O–H groups in total. The quantitative estimate of drug-likeness (QED) is 0.705. The van der Waals surface area contributed by atoms with E-state index in [1.165, 1.54) is 19.3 Å². The maximum atomic E-state index is 13.0. The highest BCUT2D eigenvalue weighted by atomic mass is 16.5. The van der Waals surface area contributed by atoms with Crippen molar-refractivity contribution in [2.75, 3.05) is 32.9 Å². The number of carbonyl (C=O) groups excluding carboxylic acids is 3. The highest BCUT2D eigenvalue weighted by molar-refractivity contribution is 5.94. The monoisotopic (exact) mass is 395 g/mol. The van der Waals surface area contributed by atoms with E-state index in [0.717, 1.165) is 12.8 Å². The van der Waals surface area contributed by atoms with Gasteiger partial charge in [-0.15, -0.1) is 0 Å². The molecular formula is C20H33N3O5. The third kappa shape index (κ3) is 5.44. The molecule has 0 spiro atoms. The van der Waals surface area contributed by atoms with Gasteiger partial charge in [0.15, 0.2) is 5.78 Å². The van der Waals surface area contributed by atoms with Crippen LogP contribution in [0, 0.1) is 5.92 Å². The zero-order valence-corrected chi connectivity index (χ0v) is 16.8. The lowest BCUT2D eigenvalue weighted by molar-refractivity contribution is -0.128. The molecule has 3 fully saturated rings.